The van der Waals surface area contributed by atoms with E-state index >= 15 is 0 Å². The predicted octanol–water partition coefficient (Wildman–Crippen LogP) is 0.824. The van der Waals surface area contributed by atoms with Gasteiger partial charge < -0.3 is 15.4 Å². The third kappa shape index (κ3) is 3.02. The number of hydrogen-bond acceptors (Lipinski definition) is 4. The fourth-order valence-electron chi connectivity index (χ4n) is 3.03. The van der Waals surface area contributed by atoms with Crippen molar-refractivity contribution in [2.24, 2.45) is 18.7 Å². The van der Waals surface area contributed by atoms with Gasteiger partial charge in [0.15, 0.2) is 0 Å². The Balaban J connectivity index is 1.86. The highest BCUT2D eigenvalue weighted by Gasteiger charge is 2.45. The lowest BCUT2D eigenvalue weighted by atomic mass is 9.85. The molecule has 1 fully saturated rings. The monoisotopic (exact) mass is 280 g/mol. The lowest BCUT2D eigenvalue weighted by molar-refractivity contribution is -0.144. The molecule has 0 aliphatic heterocycles. The van der Waals surface area contributed by atoms with E-state index in [0.717, 1.165) is 38.2 Å². The van der Waals surface area contributed by atoms with E-state index in [-0.39, 0.29) is 5.92 Å². The zero-order chi connectivity index (χ0) is 14.8. The van der Waals surface area contributed by atoms with E-state index in [2.05, 4.69) is 9.88 Å². The number of hydrogen-bond donors (Lipinski definition) is 2. The van der Waals surface area contributed by atoms with Crippen LogP contribution < -0.4 is 5.73 Å². The van der Waals surface area contributed by atoms with Gasteiger partial charge in [-0.25, -0.2) is 4.98 Å². The zero-order valence-electron chi connectivity index (χ0n) is 12.2. The van der Waals surface area contributed by atoms with E-state index in [4.69, 9.17) is 5.73 Å². The summed E-state index contributed by atoms with van der Waals surface area (Å²) in [5.74, 6) is 0.228. The van der Waals surface area contributed by atoms with Gasteiger partial charge in [0.1, 0.15) is 11.4 Å². The van der Waals surface area contributed by atoms with Gasteiger partial charge in [0.2, 0.25) is 0 Å². The number of aromatic nitrogens is 2. The first-order valence-electron chi connectivity index (χ1n) is 7.10. The molecule has 6 nitrogen and oxygen atoms in total. The summed E-state index contributed by atoms with van der Waals surface area (Å²) in [6.07, 6.45) is 6.96. The average Bonchev–Trinajstić information content (AvgIpc) is 2.95. The van der Waals surface area contributed by atoms with Crippen LogP contribution in [0.5, 0.6) is 0 Å². The van der Waals surface area contributed by atoms with Gasteiger partial charge in [-0.15, -0.1) is 0 Å². The van der Waals surface area contributed by atoms with E-state index in [9.17, 15) is 9.90 Å². The summed E-state index contributed by atoms with van der Waals surface area (Å²) in [7, 11) is 4.01. The minimum atomic E-state index is -1.02. The highest BCUT2D eigenvalue weighted by Crippen LogP contribution is 2.36. The maximum Gasteiger partial charge on any atom is 0.323 e. The maximum absolute atomic E-state index is 11.3. The third-order valence-electron chi connectivity index (χ3n) is 4.46. The summed E-state index contributed by atoms with van der Waals surface area (Å²) in [5.41, 5.74) is 5.03. The van der Waals surface area contributed by atoms with Crippen LogP contribution in [-0.2, 0) is 18.4 Å². The number of rotatable bonds is 6. The fourth-order valence-corrected chi connectivity index (χ4v) is 3.03. The number of aryl methyl sites for hydroxylation is 1. The summed E-state index contributed by atoms with van der Waals surface area (Å²) in [6, 6.07) is 0. The fraction of sp³-hybridized carbons (Fsp3) is 0.714. The first kappa shape index (κ1) is 15.0. The molecule has 0 spiro atoms. The molecule has 112 valence electrons. The van der Waals surface area contributed by atoms with Crippen LogP contribution in [0.25, 0.3) is 0 Å². The second-order valence-electron chi connectivity index (χ2n) is 5.92. The normalized spacial score (nSPS) is 26.3. The SMILES string of the molecule is CN(CCC1CCCC1(N)C(=O)O)Cc1nccn1C. The van der Waals surface area contributed by atoms with Gasteiger partial charge in [-0.3, -0.25) is 9.69 Å². The first-order chi connectivity index (χ1) is 9.43. The molecule has 2 unspecified atom stereocenters. The minimum absolute atomic E-state index is 0.0730. The third-order valence-corrected chi connectivity index (χ3v) is 4.46. The van der Waals surface area contributed by atoms with Crippen molar-refractivity contribution >= 4 is 5.97 Å². The van der Waals surface area contributed by atoms with Gasteiger partial charge in [-0.1, -0.05) is 6.42 Å². The van der Waals surface area contributed by atoms with Crippen LogP contribution in [-0.4, -0.2) is 44.7 Å². The van der Waals surface area contributed by atoms with Gasteiger partial charge in [-0.2, -0.15) is 0 Å². The molecule has 1 heterocycles. The molecule has 1 aliphatic carbocycles. The summed E-state index contributed by atoms with van der Waals surface area (Å²) < 4.78 is 2.00. The number of imidazole rings is 1. The largest absolute Gasteiger partial charge is 0.480 e. The molecular weight excluding hydrogens is 256 g/mol. The molecule has 0 saturated heterocycles. The van der Waals surface area contributed by atoms with Crippen molar-refractivity contribution in [2.75, 3.05) is 13.6 Å². The number of aliphatic carboxylic acids is 1. The van der Waals surface area contributed by atoms with Crippen molar-refractivity contribution in [1.82, 2.24) is 14.5 Å². The Kier molecular flexibility index (Phi) is 4.45. The molecule has 1 aliphatic rings. The molecular formula is C14H24N4O2. The van der Waals surface area contributed by atoms with E-state index in [1.165, 1.54) is 0 Å². The summed E-state index contributed by atoms with van der Waals surface area (Å²) in [5, 5.41) is 9.30. The lowest BCUT2D eigenvalue weighted by Crippen LogP contribution is -2.51. The number of carboxylic acid groups (broad SMARTS) is 1. The second-order valence-corrected chi connectivity index (χ2v) is 5.92. The Hall–Kier alpha value is -1.40. The maximum atomic E-state index is 11.3. The molecule has 0 radical (unpaired) electrons. The highest BCUT2D eigenvalue weighted by atomic mass is 16.4. The number of nitrogens with zero attached hydrogens (tertiary/aromatic N) is 3. The van der Waals surface area contributed by atoms with E-state index in [0.29, 0.717) is 6.42 Å². The molecule has 20 heavy (non-hydrogen) atoms. The Morgan fingerprint density at radius 3 is 3.05 bits per heavy atom. The Morgan fingerprint density at radius 1 is 1.70 bits per heavy atom. The van der Waals surface area contributed by atoms with Crippen LogP contribution in [0.1, 0.15) is 31.5 Å². The smallest absolute Gasteiger partial charge is 0.323 e. The van der Waals surface area contributed by atoms with Crippen LogP contribution in [0.3, 0.4) is 0 Å². The standard InChI is InChI=1S/C14H24N4O2/c1-17(10-12-16-7-9-18(12)2)8-5-11-4-3-6-14(11,15)13(19)20/h7,9,11H,3-6,8,10,15H2,1-2H3,(H,19,20). The second kappa shape index (κ2) is 5.93. The molecule has 6 heteroatoms. The molecule has 0 amide bonds. The first-order valence-corrected chi connectivity index (χ1v) is 7.10. The van der Waals surface area contributed by atoms with Crippen LogP contribution in [0.4, 0.5) is 0 Å². The van der Waals surface area contributed by atoms with Crippen LogP contribution >= 0.6 is 0 Å². The summed E-state index contributed by atoms with van der Waals surface area (Å²) in [6.45, 7) is 1.60. The highest BCUT2D eigenvalue weighted by molar-refractivity contribution is 5.79. The van der Waals surface area contributed by atoms with Crippen molar-refractivity contribution < 1.29 is 9.90 Å². The van der Waals surface area contributed by atoms with Crippen LogP contribution in [0.2, 0.25) is 0 Å². The van der Waals surface area contributed by atoms with Crippen molar-refractivity contribution in [2.45, 2.75) is 37.8 Å². The molecule has 3 N–H and O–H groups in total. The van der Waals surface area contributed by atoms with Crippen molar-refractivity contribution in [3.8, 4) is 0 Å². The summed E-state index contributed by atoms with van der Waals surface area (Å²) >= 11 is 0. The lowest BCUT2D eigenvalue weighted by Gasteiger charge is -2.28. The Morgan fingerprint density at radius 2 is 2.45 bits per heavy atom. The number of carboxylic acids is 1. The van der Waals surface area contributed by atoms with Crippen molar-refractivity contribution in [1.29, 1.82) is 0 Å². The van der Waals surface area contributed by atoms with Gasteiger partial charge in [0.25, 0.3) is 0 Å². The zero-order valence-corrected chi connectivity index (χ0v) is 12.2. The molecule has 1 aromatic heterocycles. The molecule has 1 saturated carbocycles. The van der Waals surface area contributed by atoms with E-state index in [1.54, 1.807) is 6.20 Å². The average molecular weight is 280 g/mol. The van der Waals surface area contributed by atoms with Crippen molar-refractivity contribution in [3.05, 3.63) is 18.2 Å². The van der Waals surface area contributed by atoms with E-state index < -0.39 is 11.5 Å². The van der Waals surface area contributed by atoms with Gasteiger partial charge in [0.05, 0.1) is 6.54 Å². The molecule has 0 bridgehead atoms. The molecule has 2 rings (SSSR count). The Bertz CT molecular complexity index is 473. The quantitative estimate of drug-likeness (QED) is 0.806. The molecule has 0 aromatic carbocycles. The van der Waals surface area contributed by atoms with Gasteiger partial charge in [-0.05, 0) is 38.8 Å². The van der Waals surface area contributed by atoms with Crippen LogP contribution in [0, 0.1) is 5.92 Å². The number of carbonyl (C=O) groups is 1. The van der Waals surface area contributed by atoms with Crippen molar-refractivity contribution in [3.63, 3.8) is 0 Å². The van der Waals surface area contributed by atoms with E-state index in [1.807, 2.05) is 24.9 Å². The molecule has 1 aromatic rings. The van der Waals surface area contributed by atoms with Gasteiger partial charge in [0, 0.05) is 19.4 Å². The van der Waals surface area contributed by atoms with Gasteiger partial charge >= 0.3 is 5.97 Å². The number of nitrogens with two attached hydrogens (primary N) is 1. The Labute approximate surface area is 119 Å². The van der Waals surface area contributed by atoms with Crippen LogP contribution in [0.15, 0.2) is 12.4 Å². The predicted molar refractivity (Wildman–Crippen MR) is 76.1 cm³/mol. The molecule has 2 atom stereocenters. The minimum Gasteiger partial charge on any atom is -0.480 e. The topological polar surface area (TPSA) is 84.4 Å². The summed E-state index contributed by atoms with van der Waals surface area (Å²) in [4.78, 5) is 17.8.